The molecule has 0 aliphatic rings. The van der Waals surface area contributed by atoms with Gasteiger partial charge in [-0.25, -0.2) is 0 Å². The first-order valence-corrected chi connectivity index (χ1v) is 5.11. The summed E-state index contributed by atoms with van der Waals surface area (Å²) < 4.78 is 5.24. The predicted octanol–water partition coefficient (Wildman–Crippen LogP) is 1.12. The molecule has 3 nitrogen and oxygen atoms in total. The molecule has 0 bridgehead atoms. The van der Waals surface area contributed by atoms with E-state index in [-0.39, 0.29) is 6.10 Å². The zero-order valence-corrected chi connectivity index (χ0v) is 9.12. The first-order chi connectivity index (χ1) is 6.16. The Kier molecular flexibility index (Phi) is 8.40. The molecular weight excluding hydrogens is 166 g/mol. The SMILES string of the molecule is CCOCCN(C)CCCC(C)O. The monoisotopic (exact) mass is 189 g/mol. The minimum Gasteiger partial charge on any atom is -0.393 e. The van der Waals surface area contributed by atoms with E-state index in [1.165, 1.54) is 0 Å². The topological polar surface area (TPSA) is 32.7 Å². The zero-order valence-electron chi connectivity index (χ0n) is 9.12. The van der Waals surface area contributed by atoms with Crippen LogP contribution in [0.25, 0.3) is 0 Å². The first-order valence-electron chi connectivity index (χ1n) is 5.11. The maximum absolute atomic E-state index is 9.04. The molecule has 0 fully saturated rings. The van der Waals surface area contributed by atoms with Gasteiger partial charge < -0.3 is 14.7 Å². The second kappa shape index (κ2) is 8.48. The van der Waals surface area contributed by atoms with Crippen molar-refractivity contribution in [1.82, 2.24) is 4.90 Å². The summed E-state index contributed by atoms with van der Waals surface area (Å²) in [6, 6.07) is 0. The van der Waals surface area contributed by atoms with Gasteiger partial charge in [0.2, 0.25) is 0 Å². The molecule has 0 heterocycles. The molecule has 1 unspecified atom stereocenters. The van der Waals surface area contributed by atoms with Crippen molar-refractivity contribution in [3.05, 3.63) is 0 Å². The molecule has 0 aromatic heterocycles. The van der Waals surface area contributed by atoms with E-state index in [1.807, 2.05) is 13.8 Å². The summed E-state index contributed by atoms with van der Waals surface area (Å²) in [5.41, 5.74) is 0. The summed E-state index contributed by atoms with van der Waals surface area (Å²) in [5.74, 6) is 0. The molecule has 1 N–H and O–H groups in total. The van der Waals surface area contributed by atoms with Crippen molar-refractivity contribution in [1.29, 1.82) is 0 Å². The second-order valence-corrected chi connectivity index (χ2v) is 3.49. The van der Waals surface area contributed by atoms with Gasteiger partial charge in [0.05, 0.1) is 12.7 Å². The smallest absolute Gasteiger partial charge is 0.0593 e. The lowest BCUT2D eigenvalue weighted by molar-refractivity contribution is 0.118. The lowest BCUT2D eigenvalue weighted by Gasteiger charge is -2.16. The second-order valence-electron chi connectivity index (χ2n) is 3.49. The lowest BCUT2D eigenvalue weighted by atomic mass is 10.2. The van der Waals surface area contributed by atoms with Crippen molar-refractivity contribution in [3.63, 3.8) is 0 Å². The highest BCUT2D eigenvalue weighted by molar-refractivity contribution is 4.53. The van der Waals surface area contributed by atoms with Crippen molar-refractivity contribution in [2.45, 2.75) is 32.8 Å². The van der Waals surface area contributed by atoms with E-state index < -0.39 is 0 Å². The fraction of sp³-hybridized carbons (Fsp3) is 1.00. The van der Waals surface area contributed by atoms with Gasteiger partial charge in [-0.05, 0) is 40.3 Å². The van der Waals surface area contributed by atoms with Crippen molar-refractivity contribution < 1.29 is 9.84 Å². The van der Waals surface area contributed by atoms with Gasteiger partial charge in [0.1, 0.15) is 0 Å². The molecular formula is C10H23NO2. The van der Waals surface area contributed by atoms with Crippen molar-refractivity contribution >= 4 is 0 Å². The molecule has 1 atom stereocenters. The third kappa shape index (κ3) is 9.80. The van der Waals surface area contributed by atoms with Crippen LogP contribution in [0.2, 0.25) is 0 Å². The van der Waals surface area contributed by atoms with Gasteiger partial charge in [-0.15, -0.1) is 0 Å². The van der Waals surface area contributed by atoms with E-state index in [1.54, 1.807) is 0 Å². The average Bonchev–Trinajstić information content (AvgIpc) is 2.04. The van der Waals surface area contributed by atoms with E-state index in [9.17, 15) is 0 Å². The van der Waals surface area contributed by atoms with Gasteiger partial charge in [-0.1, -0.05) is 0 Å². The third-order valence-electron chi connectivity index (χ3n) is 1.98. The fourth-order valence-corrected chi connectivity index (χ4v) is 1.13. The van der Waals surface area contributed by atoms with E-state index >= 15 is 0 Å². The minimum absolute atomic E-state index is 0.166. The van der Waals surface area contributed by atoms with Gasteiger partial charge in [0.15, 0.2) is 0 Å². The fourth-order valence-electron chi connectivity index (χ4n) is 1.13. The Morgan fingerprint density at radius 3 is 2.62 bits per heavy atom. The molecule has 13 heavy (non-hydrogen) atoms. The number of nitrogens with zero attached hydrogens (tertiary/aromatic N) is 1. The van der Waals surface area contributed by atoms with Gasteiger partial charge in [-0.3, -0.25) is 0 Å². The first kappa shape index (κ1) is 12.9. The normalized spacial score (nSPS) is 13.6. The summed E-state index contributed by atoms with van der Waals surface area (Å²) >= 11 is 0. The predicted molar refractivity (Wildman–Crippen MR) is 54.9 cm³/mol. The summed E-state index contributed by atoms with van der Waals surface area (Å²) in [5, 5.41) is 9.04. The molecule has 80 valence electrons. The Bertz CT molecular complexity index is 107. The van der Waals surface area contributed by atoms with Gasteiger partial charge in [0, 0.05) is 13.2 Å². The van der Waals surface area contributed by atoms with Crippen LogP contribution in [0.1, 0.15) is 26.7 Å². The largest absolute Gasteiger partial charge is 0.393 e. The minimum atomic E-state index is -0.166. The molecule has 0 radical (unpaired) electrons. The molecule has 0 aromatic carbocycles. The van der Waals surface area contributed by atoms with Crippen LogP contribution in [0.4, 0.5) is 0 Å². The van der Waals surface area contributed by atoms with Crippen LogP contribution in [0, 0.1) is 0 Å². The van der Waals surface area contributed by atoms with Crippen molar-refractivity contribution in [2.24, 2.45) is 0 Å². The number of hydrogen-bond donors (Lipinski definition) is 1. The summed E-state index contributed by atoms with van der Waals surface area (Å²) in [4.78, 5) is 2.23. The highest BCUT2D eigenvalue weighted by Crippen LogP contribution is 1.97. The van der Waals surface area contributed by atoms with E-state index in [0.29, 0.717) is 0 Å². The zero-order chi connectivity index (χ0) is 10.1. The lowest BCUT2D eigenvalue weighted by Crippen LogP contribution is -2.24. The van der Waals surface area contributed by atoms with Gasteiger partial charge in [-0.2, -0.15) is 0 Å². The van der Waals surface area contributed by atoms with Crippen LogP contribution >= 0.6 is 0 Å². The van der Waals surface area contributed by atoms with Crippen LogP contribution in [0.3, 0.4) is 0 Å². The molecule has 3 heteroatoms. The number of aliphatic hydroxyl groups excluding tert-OH is 1. The number of hydrogen-bond acceptors (Lipinski definition) is 3. The van der Waals surface area contributed by atoms with Crippen LogP contribution in [-0.4, -0.2) is 49.5 Å². The molecule has 0 aliphatic carbocycles. The van der Waals surface area contributed by atoms with Crippen molar-refractivity contribution in [3.8, 4) is 0 Å². The maximum atomic E-state index is 9.04. The summed E-state index contributed by atoms with van der Waals surface area (Å²) in [6.07, 6.45) is 1.78. The van der Waals surface area contributed by atoms with E-state index in [2.05, 4.69) is 11.9 Å². The Balaban J connectivity index is 3.15. The Morgan fingerprint density at radius 1 is 1.38 bits per heavy atom. The molecule has 0 aliphatic heterocycles. The van der Waals surface area contributed by atoms with E-state index in [4.69, 9.17) is 9.84 Å². The number of likely N-dealkylation sites (N-methyl/N-ethyl adjacent to an activating group) is 1. The maximum Gasteiger partial charge on any atom is 0.0593 e. The highest BCUT2D eigenvalue weighted by Gasteiger charge is 1.99. The molecule has 0 aromatic rings. The Hall–Kier alpha value is -0.120. The molecule has 0 saturated heterocycles. The molecule has 0 amide bonds. The average molecular weight is 189 g/mol. The Morgan fingerprint density at radius 2 is 2.08 bits per heavy atom. The van der Waals surface area contributed by atoms with Crippen LogP contribution < -0.4 is 0 Å². The summed E-state index contributed by atoms with van der Waals surface area (Å²) in [6.45, 7) is 7.46. The molecule has 0 spiro atoms. The van der Waals surface area contributed by atoms with Gasteiger partial charge in [0.25, 0.3) is 0 Å². The van der Waals surface area contributed by atoms with Crippen LogP contribution in [-0.2, 0) is 4.74 Å². The number of aliphatic hydroxyl groups is 1. The highest BCUT2D eigenvalue weighted by atomic mass is 16.5. The molecule has 0 rings (SSSR count). The van der Waals surface area contributed by atoms with Crippen LogP contribution in [0.5, 0.6) is 0 Å². The number of rotatable bonds is 8. The molecule has 0 saturated carbocycles. The third-order valence-corrected chi connectivity index (χ3v) is 1.98. The van der Waals surface area contributed by atoms with Crippen LogP contribution in [0.15, 0.2) is 0 Å². The standard InChI is InChI=1S/C10H23NO2/c1-4-13-9-8-11(3)7-5-6-10(2)12/h10,12H,4-9H2,1-3H3. The Labute approximate surface area is 81.7 Å². The summed E-state index contributed by atoms with van der Waals surface area (Å²) in [7, 11) is 2.08. The number of ether oxygens (including phenoxy) is 1. The quantitative estimate of drug-likeness (QED) is 0.581. The van der Waals surface area contributed by atoms with Crippen molar-refractivity contribution in [2.75, 3.05) is 33.4 Å². The van der Waals surface area contributed by atoms with Gasteiger partial charge >= 0.3 is 0 Å². The van der Waals surface area contributed by atoms with E-state index in [0.717, 1.165) is 39.1 Å².